The Kier molecular flexibility index (Phi) is 3.78. The van der Waals surface area contributed by atoms with E-state index < -0.39 is 5.41 Å². The molecule has 0 N–H and O–H groups in total. The molecule has 0 aliphatic carbocycles. The molecule has 0 bridgehead atoms. The van der Waals surface area contributed by atoms with Gasteiger partial charge in [-0.1, -0.05) is 20.8 Å². The largest absolute Gasteiger partial charge is 0.480 e. The van der Waals surface area contributed by atoms with E-state index in [1.54, 1.807) is 13.3 Å². The molecule has 0 unspecified atom stereocenters. The average Bonchev–Trinajstić information content (AvgIpc) is 2.58. The van der Waals surface area contributed by atoms with Crippen LogP contribution in [0, 0.1) is 5.41 Å². The molecule has 19 heavy (non-hydrogen) atoms. The zero-order valence-electron chi connectivity index (χ0n) is 12.2. The van der Waals surface area contributed by atoms with Gasteiger partial charge in [-0.2, -0.15) is 0 Å². The Morgan fingerprint density at radius 3 is 2.74 bits per heavy atom. The second-order valence-electron chi connectivity index (χ2n) is 5.99. The van der Waals surface area contributed by atoms with Crippen LogP contribution in [0.1, 0.15) is 39.2 Å². The number of methoxy groups -OCH3 is 1. The molecule has 1 aromatic heterocycles. The number of hydrogen-bond acceptors (Lipinski definition) is 3. The summed E-state index contributed by atoms with van der Waals surface area (Å²) in [7, 11) is 1.60. The quantitative estimate of drug-likeness (QED) is 0.781. The van der Waals surface area contributed by atoms with Gasteiger partial charge in [0, 0.05) is 18.2 Å². The van der Waals surface area contributed by atoms with Crippen molar-refractivity contribution in [1.82, 2.24) is 4.98 Å². The maximum absolute atomic E-state index is 12.6. The zero-order chi connectivity index (χ0) is 14.0. The summed E-state index contributed by atoms with van der Waals surface area (Å²) < 4.78 is 5.36. The summed E-state index contributed by atoms with van der Waals surface area (Å²) in [5.41, 5.74) is 1.62. The van der Waals surface area contributed by atoms with Gasteiger partial charge in [-0.05, 0) is 30.9 Å². The first-order valence-electron chi connectivity index (χ1n) is 6.79. The molecule has 4 nitrogen and oxygen atoms in total. The molecule has 0 spiro atoms. The number of anilines is 1. The summed E-state index contributed by atoms with van der Waals surface area (Å²) in [4.78, 5) is 18.8. The van der Waals surface area contributed by atoms with Crippen LogP contribution in [0.4, 0.5) is 5.69 Å². The summed E-state index contributed by atoms with van der Waals surface area (Å²) in [5, 5.41) is 0. The van der Waals surface area contributed by atoms with Gasteiger partial charge in [0.1, 0.15) is 5.69 Å². The van der Waals surface area contributed by atoms with Crippen molar-refractivity contribution in [2.45, 2.75) is 40.0 Å². The van der Waals surface area contributed by atoms with Crippen molar-refractivity contribution in [3.8, 4) is 5.88 Å². The molecule has 1 aliphatic heterocycles. The molecule has 104 valence electrons. The normalized spacial score (nSPS) is 15.7. The number of carbonyl (C=O) groups is 1. The SMILES string of the molecule is COc1nccc2c1N(C(=O)C(C)(C)C)CCCC2. The minimum Gasteiger partial charge on any atom is -0.480 e. The van der Waals surface area contributed by atoms with Gasteiger partial charge in [0.05, 0.1) is 7.11 Å². The van der Waals surface area contributed by atoms with Crippen molar-refractivity contribution in [3.05, 3.63) is 17.8 Å². The predicted molar refractivity (Wildman–Crippen MR) is 75.5 cm³/mol. The lowest BCUT2D eigenvalue weighted by molar-refractivity contribution is -0.125. The fraction of sp³-hybridized carbons (Fsp3) is 0.600. The molecule has 0 fully saturated rings. The van der Waals surface area contributed by atoms with Gasteiger partial charge in [0.15, 0.2) is 0 Å². The summed E-state index contributed by atoms with van der Waals surface area (Å²) in [5.74, 6) is 0.680. The lowest BCUT2D eigenvalue weighted by Crippen LogP contribution is -2.40. The summed E-state index contributed by atoms with van der Waals surface area (Å²) in [6.07, 6.45) is 4.83. The monoisotopic (exact) mass is 262 g/mol. The van der Waals surface area contributed by atoms with Gasteiger partial charge in [-0.25, -0.2) is 4.98 Å². The number of amides is 1. The van der Waals surface area contributed by atoms with E-state index in [1.807, 2.05) is 31.7 Å². The molecule has 2 heterocycles. The van der Waals surface area contributed by atoms with Crippen LogP contribution in [-0.2, 0) is 11.2 Å². The minimum atomic E-state index is -0.400. The van der Waals surface area contributed by atoms with Crippen LogP contribution < -0.4 is 9.64 Å². The number of pyridine rings is 1. The third-order valence-corrected chi connectivity index (χ3v) is 3.40. The Balaban J connectivity index is 2.51. The van der Waals surface area contributed by atoms with Gasteiger partial charge in [-0.3, -0.25) is 4.79 Å². The number of carbonyl (C=O) groups excluding carboxylic acids is 1. The third kappa shape index (κ3) is 2.72. The van der Waals surface area contributed by atoms with E-state index in [4.69, 9.17) is 4.74 Å². The number of hydrogen-bond donors (Lipinski definition) is 0. The lowest BCUT2D eigenvalue weighted by Gasteiger charge is -2.30. The molecule has 1 aromatic rings. The van der Waals surface area contributed by atoms with Gasteiger partial charge in [0.2, 0.25) is 11.8 Å². The molecule has 4 heteroatoms. The van der Waals surface area contributed by atoms with Crippen LogP contribution in [0.5, 0.6) is 5.88 Å². The van der Waals surface area contributed by atoms with Crippen LogP contribution in [0.2, 0.25) is 0 Å². The minimum absolute atomic E-state index is 0.127. The van der Waals surface area contributed by atoms with E-state index in [9.17, 15) is 4.79 Å². The molecule has 0 aromatic carbocycles. The predicted octanol–water partition coefficient (Wildman–Crippen LogP) is 2.81. The molecule has 0 radical (unpaired) electrons. The van der Waals surface area contributed by atoms with Crippen molar-refractivity contribution < 1.29 is 9.53 Å². The number of aromatic nitrogens is 1. The molecular formula is C15H22N2O2. The number of nitrogens with zero attached hydrogens (tertiary/aromatic N) is 2. The number of ether oxygens (including phenoxy) is 1. The van der Waals surface area contributed by atoms with E-state index in [0.29, 0.717) is 5.88 Å². The fourth-order valence-corrected chi connectivity index (χ4v) is 2.42. The number of fused-ring (bicyclic) bond motifs is 1. The maximum Gasteiger partial charge on any atom is 0.238 e. The Bertz CT molecular complexity index is 478. The van der Waals surface area contributed by atoms with E-state index in [1.165, 1.54) is 0 Å². The van der Waals surface area contributed by atoms with E-state index >= 15 is 0 Å². The Labute approximate surface area is 114 Å². The second kappa shape index (κ2) is 5.19. The first-order chi connectivity index (χ1) is 8.95. The second-order valence-corrected chi connectivity index (χ2v) is 5.99. The highest BCUT2D eigenvalue weighted by Crippen LogP contribution is 2.36. The molecular weight excluding hydrogens is 240 g/mol. The van der Waals surface area contributed by atoms with E-state index in [-0.39, 0.29) is 5.91 Å². The van der Waals surface area contributed by atoms with Crippen molar-refractivity contribution in [3.63, 3.8) is 0 Å². The van der Waals surface area contributed by atoms with Crippen molar-refractivity contribution in [1.29, 1.82) is 0 Å². The first kappa shape index (κ1) is 13.8. The maximum atomic E-state index is 12.6. The Morgan fingerprint density at radius 1 is 1.37 bits per heavy atom. The third-order valence-electron chi connectivity index (χ3n) is 3.40. The van der Waals surface area contributed by atoms with E-state index in [0.717, 1.165) is 37.1 Å². The Morgan fingerprint density at radius 2 is 2.11 bits per heavy atom. The van der Waals surface area contributed by atoms with Crippen molar-refractivity contribution in [2.75, 3.05) is 18.6 Å². The topological polar surface area (TPSA) is 42.4 Å². The van der Waals surface area contributed by atoms with Crippen LogP contribution in [0.15, 0.2) is 12.3 Å². The molecule has 2 rings (SSSR count). The van der Waals surface area contributed by atoms with Crippen LogP contribution in [0.3, 0.4) is 0 Å². The summed E-state index contributed by atoms with van der Waals surface area (Å²) in [6.45, 7) is 6.58. The van der Waals surface area contributed by atoms with E-state index in [2.05, 4.69) is 4.98 Å². The average molecular weight is 262 g/mol. The van der Waals surface area contributed by atoms with Crippen molar-refractivity contribution in [2.24, 2.45) is 5.41 Å². The van der Waals surface area contributed by atoms with Crippen LogP contribution in [-0.4, -0.2) is 24.5 Å². The van der Waals surface area contributed by atoms with Crippen LogP contribution >= 0.6 is 0 Å². The molecule has 0 atom stereocenters. The molecule has 0 saturated carbocycles. The zero-order valence-corrected chi connectivity index (χ0v) is 12.2. The highest BCUT2D eigenvalue weighted by Gasteiger charge is 2.32. The summed E-state index contributed by atoms with van der Waals surface area (Å²) in [6, 6.07) is 1.99. The fourth-order valence-electron chi connectivity index (χ4n) is 2.42. The number of aryl methyl sites for hydroxylation is 1. The Hall–Kier alpha value is -1.58. The van der Waals surface area contributed by atoms with Gasteiger partial charge in [-0.15, -0.1) is 0 Å². The van der Waals surface area contributed by atoms with Gasteiger partial charge in [0.25, 0.3) is 0 Å². The lowest BCUT2D eigenvalue weighted by atomic mass is 9.94. The smallest absolute Gasteiger partial charge is 0.238 e. The first-order valence-corrected chi connectivity index (χ1v) is 6.79. The molecule has 1 amide bonds. The van der Waals surface area contributed by atoms with Gasteiger partial charge >= 0.3 is 0 Å². The molecule has 1 aliphatic rings. The standard InChI is InChI=1S/C15H22N2O2/c1-15(2,3)14(18)17-10-6-5-7-11-8-9-16-13(19-4)12(11)17/h8-9H,5-7,10H2,1-4H3. The van der Waals surface area contributed by atoms with Crippen molar-refractivity contribution >= 4 is 11.6 Å². The van der Waals surface area contributed by atoms with Gasteiger partial charge < -0.3 is 9.64 Å². The number of rotatable bonds is 1. The highest BCUT2D eigenvalue weighted by molar-refractivity contribution is 5.98. The summed E-state index contributed by atoms with van der Waals surface area (Å²) >= 11 is 0. The van der Waals surface area contributed by atoms with Crippen LogP contribution in [0.25, 0.3) is 0 Å². The molecule has 0 saturated heterocycles. The highest BCUT2D eigenvalue weighted by atomic mass is 16.5.